The van der Waals surface area contributed by atoms with Gasteiger partial charge in [-0.15, -0.1) is 0 Å². The molecule has 158 valence electrons. The van der Waals surface area contributed by atoms with Gasteiger partial charge in [0.25, 0.3) is 0 Å². The van der Waals surface area contributed by atoms with Crippen molar-refractivity contribution in [2.45, 2.75) is 37.5 Å². The minimum Gasteiger partial charge on any atom is -0.326 e. The number of rotatable bonds is 5. The van der Waals surface area contributed by atoms with Gasteiger partial charge in [0.05, 0.1) is 17.6 Å². The average Bonchev–Trinajstić information content (AvgIpc) is 3.23. The number of carbonyl (C=O) groups excluding carboxylic acids is 1. The Kier molecular flexibility index (Phi) is 5.86. The van der Waals surface area contributed by atoms with Crippen LogP contribution in [0.2, 0.25) is 0 Å². The zero-order valence-corrected chi connectivity index (χ0v) is 18.5. The van der Waals surface area contributed by atoms with E-state index >= 15 is 0 Å². The SMILES string of the molecule is CC(C)c1ccc(NC(=O)C2CCCN(S(=O)(=O)c3cccc4nsnc34)C2)cc1. The second-order valence-corrected chi connectivity index (χ2v) is 10.3. The van der Waals surface area contributed by atoms with Crippen molar-refractivity contribution in [2.75, 3.05) is 18.4 Å². The third-order valence-corrected chi connectivity index (χ3v) is 7.91. The van der Waals surface area contributed by atoms with Gasteiger partial charge in [-0.3, -0.25) is 4.79 Å². The fraction of sp³-hybridized carbons (Fsp3) is 0.381. The van der Waals surface area contributed by atoms with Crippen LogP contribution in [-0.2, 0) is 14.8 Å². The predicted molar refractivity (Wildman–Crippen MR) is 118 cm³/mol. The van der Waals surface area contributed by atoms with Gasteiger partial charge in [0.15, 0.2) is 0 Å². The maximum atomic E-state index is 13.3. The molecule has 9 heteroatoms. The zero-order valence-electron chi connectivity index (χ0n) is 16.9. The molecule has 0 aliphatic carbocycles. The van der Waals surface area contributed by atoms with E-state index in [0.29, 0.717) is 36.3 Å². The molecular weight excluding hydrogens is 420 g/mol. The molecular formula is C21H24N4O3S2. The number of nitrogens with one attached hydrogen (secondary N) is 1. The van der Waals surface area contributed by atoms with Gasteiger partial charge >= 0.3 is 0 Å². The topological polar surface area (TPSA) is 92.3 Å². The number of aromatic nitrogens is 2. The number of fused-ring (bicyclic) bond motifs is 1. The summed E-state index contributed by atoms with van der Waals surface area (Å²) >= 11 is 0.992. The van der Waals surface area contributed by atoms with E-state index < -0.39 is 15.9 Å². The highest BCUT2D eigenvalue weighted by atomic mass is 32.2. The molecule has 1 aliphatic rings. The van der Waals surface area contributed by atoms with E-state index in [0.717, 1.165) is 17.4 Å². The Bertz CT molecular complexity index is 1160. The van der Waals surface area contributed by atoms with Gasteiger partial charge in [-0.05, 0) is 48.6 Å². The van der Waals surface area contributed by atoms with Crippen LogP contribution in [0.15, 0.2) is 47.4 Å². The van der Waals surface area contributed by atoms with Gasteiger partial charge in [-0.2, -0.15) is 13.1 Å². The van der Waals surface area contributed by atoms with Crippen LogP contribution in [0.1, 0.15) is 38.2 Å². The van der Waals surface area contributed by atoms with Crippen LogP contribution >= 0.6 is 11.7 Å². The normalized spacial score (nSPS) is 18.0. The van der Waals surface area contributed by atoms with Crippen molar-refractivity contribution in [1.29, 1.82) is 0 Å². The first-order valence-corrected chi connectivity index (χ1v) is 12.2. The largest absolute Gasteiger partial charge is 0.326 e. The molecule has 4 rings (SSSR count). The summed E-state index contributed by atoms with van der Waals surface area (Å²) in [4.78, 5) is 13.0. The average molecular weight is 445 g/mol. The summed E-state index contributed by atoms with van der Waals surface area (Å²) in [6, 6.07) is 12.8. The first-order chi connectivity index (χ1) is 14.4. The highest BCUT2D eigenvalue weighted by Crippen LogP contribution is 2.28. The van der Waals surface area contributed by atoms with Crippen LogP contribution in [0.5, 0.6) is 0 Å². The molecule has 1 N–H and O–H groups in total. The maximum absolute atomic E-state index is 13.3. The summed E-state index contributed by atoms with van der Waals surface area (Å²) in [6.07, 6.45) is 1.29. The van der Waals surface area contributed by atoms with Crippen molar-refractivity contribution in [2.24, 2.45) is 5.92 Å². The van der Waals surface area contributed by atoms with Gasteiger partial charge in [0, 0.05) is 18.8 Å². The molecule has 1 aromatic heterocycles. The zero-order chi connectivity index (χ0) is 21.3. The van der Waals surface area contributed by atoms with Gasteiger partial charge in [-0.25, -0.2) is 8.42 Å². The Labute approximate surface area is 180 Å². The van der Waals surface area contributed by atoms with Crippen molar-refractivity contribution in [1.82, 2.24) is 13.1 Å². The van der Waals surface area contributed by atoms with E-state index in [4.69, 9.17) is 0 Å². The Balaban J connectivity index is 1.50. The van der Waals surface area contributed by atoms with E-state index in [1.54, 1.807) is 18.2 Å². The van der Waals surface area contributed by atoms with Gasteiger partial charge in [0.1, 0.15) is 15.9 Å². The molecule has 0 radical (unpaired) electrons. The summed E-state index contributed by atoms with van der Waals surface area (Å²) in [5.41, 5.74) is 2.88. The van der Waals surface area contributed by atoms with Gasteiger partial charge in [0.2, 0.25) is 15.9 Å². The number of hydrogen-bond acceptors (Lipinski definition) is 6. The van der Waals surface area contributed by atoms with Crippen LogP contribution in [0, 0.1) is 5.92 Å². The van der Waals surface area contributed by atoms with Crippen molar-refractivity contribution in [3.63, 3.8) is 0 Å². The molecule has 0 saturated carbocycles. The molecule has 1 fully saturated rings. The molecule has 1 amide bonds. The smallest absolute Gasteiger partial charge is 0.245 e. The molecule has 0 bridgehead atoms. The number of amides is 1. The molecule has 3 aromatic rings. The van der Waals surface area contributed by atoms with E-state index in [2.05, 4.69) is 27.9 Å². The lowest BCUT2D eigenvalue weighted by molar-refractivity contribution is -0.120. The highest BCUT2D eigenvalue weighted by Gasteiger charge is 2.34. The first kappa shape index (κ1) is 20.9. The lowest BCUT2D eigenvalue weighted by atomic mass is 9.98. The van der Waals surface area contributed by atoms with E-state index in [9.17, 15) is 13.2 Å². The minimum atomic E-state index is -3.76. The fourth-order valence-electron chi connectivity index (χ4n) is 3.70. The number of anilines is 1. The monoisotopic (exact) mass is 444 g/mol. The van der Waals surface area contributed by atoms with Crippen LogP contribution in [0.25, 0.3) is 11.0 Å². The number of piperidine rings is 1. The highest BCUT2D eigenvalue weighted by molar-refractivity contribution is 7.89. The lowest BCUT2D eigenvalue weighted by Gasteiger charge is -2.31. The Hall–Kier alpha value is -2.36. The summed E-state index contributed by atoms with van der Waals surface area (Å²) < 4.78 is 36.2. The fourth-order valence-corrected chi connectivity index (χ4v) is 5.98. The number of benzene rings is 2. The number of sulfonamides is 1. The summed E-state index contributed by atoms with van der Waals surface area (Å²) in [5, 5.41) is 2.93. The Morgan fingerprint density at radius 3 is 2.67 bits per heavy atom. The number of hydrogen-bond donors (Lipinski definition) is 1. The summed E-state index contributed by atoms with van der Waals surface area (Å²) in [6.45, 7) is 4.79. The second-order valence-electron chi connectivity index (χ2n) is 7.86. The molecule has 7 nitrogen and oxygen atoms in total. The van der Waals surface area contributed by atoms with Crippen LogP contribution < -0.4 is 5.32 Å². The molecule has 1 unspecified atom stereocenters. The summed E-state index contributed by atoms with van der Waals surface area (Å²) in [5.74, 6) is -0.129. The molecule has 1 atom stereocenters. The molecule has 0 spiro atoms. The van der Waals surface area contributed by atoms with Gasteiger partial charge < -0.3 is 5.32 Å². The van der Waals surface area contributed by atoms with Gasteiger partial charge in [-0.1, -0.05) is 32.0 Å². The minimum absolute atomic E-state index is 0.152. The Morgan fingerprint density at radius 2 is 1.93 bits per heavy atom. The van der Waals surface area contributed by atoms with E-state index in [1.165, 1.54) is 9.87 Å². The Morgan fingerprint density at radius 1 is 1.17 bits per heavy atom. The third kappa shape index (κ3) is 4.10. The standard InChI is InChI=1S/C21H24N4O3S2/c1-14(2)15-8-10-17(11-9-15)22-21(26)16-5-4-12-25(13-16)30(27,28)19-7-3-6-18-20(19)24-29-23-18/h3,6-11,14,16H,4-5,12-13H2,1-2H3,(H,22,26). The molecule has 1 saturated heterocycles. The molecule has 2 aromatic carbocycles. The van der Waals surface area contributed by atoms with Crippen molar-refractivity contribution in [3.05, 3.63) is 48.0 Å². The molecule has 2 heterocycles. The number of carbonyl (C=O) groups is 1. The molecule has 1 aliphatic heterocycles. The first-order valence-electron chi connectivity index (χ1n) is 9.98. The van der Waals surface area contributed by atoms with Crippen molar-refractivity contribution < 1.29 is 13.2 Å². The van der Waals surface area contributed by atoms with E-state index in [1.807, 2.05) is 24.3 Å². The lowest BCUT2D eigenvalue weighted by Crippen LogP contribution is -2.43. The van der Waals surface area contributed by atoms with E-state index in [-0.39, 0.29) is 17.3 Å². The summed E-state index contributed by atoms with van der Waals surface area (Å²) in [7, 11) is -3.76. The van der Waals surface area contributed by atoms with Crippen molar-refractivity contribution in [3.8, 4) is 0 Å². The van der Waals surface area contributed by atoms with Crippen LogP contribution in [0.3, 0.4) is 0 Å². The number of nitrogens with zero attached hydrogens (tertiary/aromatic N) is 3. The maximum Gasteiger partial charge on any atom is 0.245 e. The van der Waals surface area contributed by atoms with Crippen LogP contribution in [-0.4, -0.2) is 40.5 Å². The van der Waals surface area contributed by atoms with Crippen molar-refractivity contribution >= 4 is 44.4 Å². The van der Waals surface area contributed by atoms with Crippen LogP contribution in [0.4, 0.5) is 5.69 Å². The predicted octanol–water partition coefficient (Wildman–Crippen LogP) is 3.85. The molecule has 30 heavy (non-hydrogen) atoms. The second kappa shape index (κ2) is 8.41. The third-order valence-electron chi connectivity index (χ3n) is 5.47. The quantitative estimate of drug-likeness (QED) is 0.645.